The first kappa shape index (κ1) is 17.2. The van der Waals surface area contributed by atoms with Crippen molar-refractivity contribution in [2.24, 2.45) is 0 Å². The molecule has 4 rings (SSSR count). The number of ether oxygens (including phenoxy) is 1. The third-order valence-electron chi connectivity index (χ3n) is 4.73. The third kappa shape index (κ3) is 3.38. The fourth-order valence-electron chi connectivity index (χ4n) is 3.40. The van der Waals surface area contributed by atoms with Crippen molar-refractivity contribution in [3.8, 4) is 5.75 Å². The molecule has 0 radical (unpaired) electrons. The van der Waals surface area contributed by atoms with E-state index in [0.29, 0.717) is 12.4 Å². The number of hydrogen-bond donors (Lipinski definition) is 0. The summed E-state index contributed by atoms with van der Waals surface area (Å²) in [5, 5.41) is 9.47. The van der Waals surface area contributed by atoms with Crippen molar-refractivity contribution in [2.75, 3.05) is 36.9 Å². The van der Waals surface area contributed by atoms with E-state index in [9.17, 15) is 4.79 Å². The van der Waals surface area contributed by atoms with Crippen LogP contribution >= 0.6 is 11.8 Å². The molecule has 0 saturated carbocycles. The van der Waals surface area contributed by atoms with Gasteiger partial charge in [-0.2, -0.15) is 0 Å². The molecule has 0 atom stereocenters. The summed E-state index contributed by atoms with van der Waals surface area (Å²) in [6.45, 7) is 6.10. The number of benzene rings is 1. The first-order valence-electron chi connectivity index (χ1n) is 9.10. The Balaban J connectivity index is 1.42. The molecule has 1 fully saturated rings. The van der Waals surface area contributed by atoms with Gasteiger partial charge in [0.1, 0.15) is 5.75 Å². The van der Waals surface area contributed by atoms with E-state index < -0.39 is 0 Å². The zero-order valence-electron chi connectivity index (χ0n) is 14.9. The Morgan fingerprint density at radius 2 is 1.88 bits per heavy atom. The van der Waals surface area contributed by atoms with Crippen molar-refractivity contribution < 1.29 is 9.53 Å². The molecule has 0 bridgehead atoms. The SMILES string of the molecule is CCOc1ccc(N2CCn3c(SCC(=O)N4CCCC4)nnc32)cc1. The van der Waals surface area contributed by atoms with Gasteiger partial charge >= 0.3 is 0 Å². The largest absolute Gasteiger partial charge is 0.494 e. The number of carbonyl (C=O) groups is 1. The first-order valence-corrected chi connectivity index (χ1v) is 10.1. The lowest BCUT2D eigenvalue weighted by Gasteiger charge is -2.15. The number of nitrogens with zero attached hydrogens (tertiary/aromatic N) is 5. The minimum absolute atomic E-state index is 0.200. The van der Waals surface area contributed by atoms with Crippen LogP contribution in [0.4, 0.5) is 11.6 Å². The Labute approximate surface area is 157 Å². The molecule has 138 valence electrons. The van der Waals surface area contributed by atoms with Crippen LogP contribution in [0.15, 0.2) is 29.4 Å². The molecule has 2 aliphatic rings. The van der Waals surface area contributed by atoms with Crippen molar-refractivity contribution in [3.63, 3.8) is 0 Å². The molecule has 8 heteroatoms. The Morgan fingerprint density at radius 1 is 1.12 bits per heavy atom. The number of anilines is 2. The Bertz CT molecular complexity index is 770. The van der Waals surface area contributed by atoms with Crippen LogP contribution in [0.1, 0.15) is 19.8 Å². The summed E-state index contributed by atoms with van der Waals surface area (Å²) >= 11 is 1.49. The van der Waals surface area contributed by atoms with Gasteiger partial charge in [-0.1, -0.05) is 11.8 Å². The minimum atomic E-state index is 0.200. The van der Waals surface area contributed by atoms with E-state index in [-0.39, 0.29) is 5.91 Å². The van der Waals surface area contributed by atoms with E-state index in [0.717, 1.165) is 61.6 Å². The predicted molar refractivity (Wildman–Crippen MR) is 101 cm³/mol. The van der Waals surface area contributed by atoms with Gasteiger partial charge < -0.3 is 14.5 Å². The van der Waals surface area contributed by atoms with E-state index in [1.165, 1.54) is 11.8 Å². The molecule has 7 nitrogen and oxygen atoms in total. The molecule has 0 N–H and O–H groups in total. The minimum Gasteiger partial charge on any atom is -0.494 e. The molecule has 26 heavy (non-hydrogen) atoms. The maximum Gasteiger partial charge on any atom is 0.233 e. The second-order valence-corrected chi connectivity index (χ2v) is 7.33. The molecule has 2 aliphatic heterocycles. The summed E-state index contributed by atoms with van der Waals surface area (Å²) in [6, 6.07) is 8.03. The van der Waals surface area contributed by atoms with Gasteiger partial charge in [0, 0.05) is 31.9 Å². The molecule has 0 unspecified atom stereocenters. The van der Waals surface area contributed by atoms with Crippen LogP contribution < -0.4 is 9.64 Å². The second-order valence-electron chi connectivity index (χ2n) is 6.39. The fourth-order valence-corrected chi connectivity index (χ4v) is 4.26. The van der Waals surface area contributed by atoms with Crippen molar-refractivity contribution in [1.82, 2.24) is 19.7 Å². The van der Waals surface area contributed by atoms with Crippen molar-refractivity contribution >= 4 is 29.3 Å². The highest BCUT2D eigenvalue weighted by atomic mass is 32.2. The highest BCUT2D eigenvalue weighted by molar-refractivity contribution is 7.99. The second kappa shape index (κ2) is 7.57. The first-order chi connectivity index (χ1) is 12.8. The van der Waals surface area contributed by atoms with Crippen LogP contribution in [0.25, 0.3) is 0 Å². The Hall–Kier alpha value is -2.22. The standard InChI is InChI=1S/C18H23N5O2S/c1-2-25-15-7-5-14(6-8-15)22-11-12-23-17(22)19-20-18(23)26-13-16(24)21-9-3-4-10-21/h5-8H,2-4,9-13H2,1H3. The smallest absolute Gasteiger partial charge is 0.233 e. The van der Waals surface area contributed by atoms with Crippen molar-refractivity contribution in [2.45, 2.75) is 31.5 Å². The maximum absolute atomic E-state index is 12.2. The van der Waals surface area contributed by atoms with Gasteiger partial charge in [-0.15, -0.1) is 10.2 Å². The zero-order valence-corrected chi connectivity index (χ0v) is 15.7. The average Bonchev–Trinajstić information content (AvgIpc) is 3.39. The highest BCUT2D eigenvalue weighted by Gasteiger charge is 2.27. The molecule has 3 heterocycles. The number of hydrogen-bond acceptors (Lipinski definition) is 6. The third-order valence-corrected chi connectivity index (χ3v) is 5.68. The molecule has 1 saturated heterocycles. The van der Waals surface area contributed by atoms with Gasteiger partial charge in [0.25, 0.3) is 0 Å². The highest BCUT2D eigenvalue weighted by Crippen LogP contribution is 2.33. The lowest BCUT2D eigenvalue weighted by molar-refractivity contribution is -0.127. The van der Waals surface area contributed by atoms with Gasteiger partial charge in [0.15, 0.2) is 5.16 Å². The number of fused-ring (bicyclic) bond motifs is 1. The number of rotatable bonds is 6. The van der Waals surface area contributed by atoms with Gasteiger partial charge in [0.05, 0.1) is 12.4 Å². The lowest BCUT2D eigenvalue weighted by Crippen LogP contribution is -2.29. The normalized spacial score (nSPS) is 16.2. The molecule has 2 aromatic rings. The molecule has 1 amide bonds. The van der Waals surface area contributed by atoms with Crippen LogP contribution in [0.5, 0.6) is 5.75 Å². The summed E-state index contributed by atoms with van der Waals surface area (Å²) in [5.74, 6) is 2.34. The maximum atomic E-state index is 12.2. The Kier molecular flexibility index (Phi) is 5.01. The lowest BCUT2D eigenvalue weighted by atomic mass is 10.3. The van der Waals surface area contributed by atoms with E-state index in [4.69, 9.17) is 4.74 Å². The summed E-state index contributed by atoms with van der Waals surface area (Å²) in [4.78, 5) is 16.3. The van der Waals surface area contributed by atoms with Crippen molar-refractivity contribution in [3.05, 3.63) is 24.3 Å². The zero-order chi connectivity index (χ0) is 17.9. The van der Waals surface area contributed by atoms with Crippen LogP contribution in [-0.2, 0) is 11.3 Å². The summed E-state index contributed by atoms with van der Waals surface area (Å²) in [5.41, 5.74) is 1.07. The quantitative estimate of drug-likeness (QED) is 0.725. The van der Waals surface area contributed by atoms with Gasteiger partial charge in [-0.05, 0) is 44.0 Å². The Morgan fingerprint density at radius 3 is 2.62 bits per heavy atom. The molecule has 1 aromatic heterocycles. The molecule has 0 aliphatic carbocycles. The summed E-state index contributed by atoms with van der Waals surface area (Å²) in [6.07, 6.45) is 2.24. The number of thioether (sulfide) groups is 1. The summed E-state index contributed by atoms with van der Waals surface area (Å²) in [7, 11) is 0. The number of likely N-dealkylation sites (tertiary alicyclic amines) is 1. The average molecular weight is 373 g/mol. The van der Waals surface area contributed by atoms with Gasteiger partial charge in [-0.3, -0.25) is 9.36 Å². The van der Waals surface area contributed by atoms with Crippen LogP contribution in [-0.4, -0.2) is 57.6 Å². The van der Waals surface area contributed by atoms with Crippen molar-refractivity contribution in [1.29, 1.82) is 0 Å². The van der Waals surface area contributed by atoms with Crippen LogP contribution in [0.2, 0.25) is 0 Å². The molecular formula is C18H23N5O2S. The monoisotopic (exact) mass is 373 g/mol. The molecular weight excluding hydrogens is 350 g/mol. The van der Waals surface area contributed by atoms with Gasteiger partial charge in [-0.25, -0.2) is 0 Å². The van der Waals surface area contributed by atoms with E-state index in [1.54, 1.807) is 0 Å². The fraction of sp³-hybridized carbons (Fsp3) is 0.500. The number of aromatic nitrogens is 3. The molecule has 0 spiro atoms. The van der Waals surface area contributed by atoms with Crippen LogP contribution in [0, 0.1) is 0 Å². The number of carbonyl (C=O) groups excluding carboxylic acids is 1. The topological polar surface area (TPSA) is 63.5 Å². The number of amides is 1. The predicted octanol–water partition coefficient (Wildman–Crippen LogP) is 2.54. The van der Waals surface area contributed by atoms with Crippen LogP contribution in [0.3, 0.4) is 0 Å². The van der Waals surface area contributed by atoms with E-state index >= 15 is 0 Å². The van der Waals surface area contributed by atoms with Gasteiger partial charge in [0.2, 0.25) is 11.9 Å². The van der Waals surface area contributed by atoms with E-state index in [2.05, 4.69) is 19.7 Å². The summed E-state index contributed by atoms with van der Waals surface area (Å²) < 4.78 is 7.60. The molecule has 1 aromatic carbocycles. The van der Waals surface area contributed by atoms with E-state index in [1.807, 2.05) is 36.1 Å².